The number of rotatable bonds is 6. The summed E-state index contributed by atoms with van der Waals surface area (Å²) in [5.41, 5.74) is 1.74. The molecule has 3 rings (SSSR count). The fourth-order valence-corrected chi connectivity index (χ4v) is 3.49. The molecule has 0 saturated carbocycles. The molecule has 130 valence electrons. The summed E-state index contributed by atoms with van der Waals surface area (Å²) in [6, 6.07) is 9.98. The van der Waals surface area contributed by atoms with Crippen molar-refractivity contribution in [2.75, 3.05) is 14.2 Å². The second kappa shape index (κ2) is 7.84. The monoisotopic (exact) mass is 423 g/mol. The third-order valence-corrected chi connectivity index (χ3v) is 5.01. The highest BCUT2D eigenvalue weighted by Gasteiger charge is 2.10. The average molecular weight is 424 g/mol. The first kappa shape index (κ1) is 17.7. The molecule has 7 heteroatoms. The summed E-state index contributed by atoms with van der Waals surface area (Å²) in [6.07, 6.45) is 0. The lowest BCUT2D eigenvalue weighted by molar-refractivity contribution is 0.300. The van der Waals surface area contributed by atoms with Crippen LogP contribution in [0.5, 0.6) is 17.2 Å². The van der Waals surface area contributed by atoms with Crippen LogP contribution < -0.4 is 14.2 Å². The highest BCUT2D eigenvalue weighted by molar-refractivity contribution is 9.10. The Morgan fingerprint density at radius 2 is 1.80 bits per heavy atom. The zero-order valence-electron chi connectivity index (χ0n) is 13.6. The molecular formula is C18H15BrFNO3S. The zero-order valence-corrected chi connectivity index (χ0v) is 16.0. The molecule has 0 N–H and O–H groups in total. The first-order valence-corrected chi connectivity index (χ1v) is 9.02. The van der Waals surface area contributed by atoms with Crippen LogP contribution in [0.2, 0.25) is 0 Å². The fourth-order valence-electron chi connectivity index (χ4n) is 2.22. The molecule has 0 atom stereocenters. The zero-order chi connectivity index (χ0) is 17.8. The van der Waals surface area contributed by atoms with E-state index < -0.39 is 0 Å². The maximum absolute atomic E-state index is 13.1. The first-order chi connectivity index (χ1) is 12.1. The lowest BCUT2D eigenvalue weighted by atomic mass is 10.2. The molecular weight excluding hydrogens is 409 g/mol. The van der Waals surface area contributed by atoms with E-state index in [1.807, 2.05) is 23.6 Å². The molecule has 4 nitrogen and oxygen atoms in total. The standard InChI is InChI=1S/C18H15BrFNO3S/c1-22-16-5-3-11(7-17(16)23-2)18-21-13(10-25-18)9-24-15-6-4-12(20)8-14(15)19/h3-8,10H,9H2,1-2H3. The Labute approximate surface area is 157 Å². The Bertz CT molecular complexity index is 885. The summed E-state index contributed by atoms with van der Waals surface area (Å²) in [6.45, 7) is 0.300. The van der Waals surface area contributed by atoms with Crippen molar-refractivity contribution >= 4 is 27.3 Å². The molecule has 0 fully saturated rings. The largest absolute Gasteiger partial charge is 0.493 e. The fraction of sp³-hybridized carbons (Fsp3) is 0.167. The van der Waals surface area contributed by atoms with E-state index in [1.54, 1.807) is 20.3 Å². The number of halogens is 2. The van der Waals surface area contributed by atoms with Gasteiger partial charge in [-0.3, -0.25) is 0 Å². The maximum atomic E-state index is 13.1. The Morgan fingerprint density at radius 1 is 1.04 bits per heavy atom. The normalized spacial score (nSPS) is 10.6. The van der Waals surface area contributed by atoms with Crippen LogP contribution in [0, 0.1) is 5.82 Å². The molecule has 0 spiro atoms. The van der Waals surface area contributed by atoms with E-state index in [0.29, 0.717) is 28.3 Å². The van der Waals surface area contributed by atoms with Crippen LogP contribution in [0.3, 0.4) is 0 Å². The molecule has 2 aromatic carbocycles. The quantitative estimate of drug-likeness (QED) is 0.538. The van der Waals surface area contributed by atoms with Gasteiger partial charge in [0.25, 0.3) is 0 Å². The molecule has 0 aliphatic carbocycles. The van der Waals surface area contributed by atoms with Gasteiger partial charge in [-0.1, -0.05) is 0 Å². The predicted octanol–water partition coefficient (Wildman–Crippen LogP) is 5.31. The Hall–Kier alpha value is -2.12. The second-order valence-electron chi connectivity index (χ2n) is 5.08. The van der Waals surface area contributed by atoms with Crippen LogP contribution in [0.1, 0.15) is 5.69 Å². The van der Waals surface area contributed by atoms with E-state index in [4.69, 9.17) is 14.2 Å². The molecule has 3 aromatic rings. The van der Waals surface area contributed by atoms with Gasteiger partial charge in [-0.25, -0.2) is 9.37 Å². The van der Waals surface area contributed by atoms with Crippen LogP contribution in [-0.2, 0) is 6.61 Å². The average Bonchev–Trinajstić information content (AvgIpc) is 3.09. The third kappa shape index (κ3) is 4.11. The summed E-state index contributed by atoms with van der Waals surface area (Å²) >= 11 is 4.80. The number of hydrogen-bond donors (Lipinski definition) is 0. The van der Waals surface area contributed by atoms with Gasteiger partial charge >= 0.3 is 0 Å². The molecule has 0 amide bonds. The van der Waals surface area contributed by atoms with Crippen molar-refractivity contribution in [1.82, 2.24) is 4.98 Å². The molecule has 1 aromatic heterocycles. The number of ether oxygens (including phenoxy) is 3. The summed E-state index contributed by atoms with van der Waals surface area (Å²) in [5, 5.41) is 2.79. The molecule has 1 heterocycles. The van der Waals surface area contributed by atoms with Crippen LogP contribution in [0.25, 0.3) is 10.6 Å². The van der Waals surface area contributed by atoms with E-state index in [9.17, 15) is 4.39 Å². The highest BCUT2D eigenvalue weighted by atomic mass is 79.9. The maximum Gasteiger partial charge on any atom is 0.161 e. The van der Waals surface area contributed by atoms with Gasteiger partial charge in [0.2, 0.25) is 0 Å². The number of thiazole rings is 1. The van der Waals surface area contributed by atoms with Crippen molar-refractivity contribution in [1.29, 1.82) is 0 Å². The van der Waals surface area contributed by atoms with Crippen molar-refractivity contribution in [3.63, 3.8) is 0 Å². The van der Waals surface area contributed by atoms with Crippen LogP contribution in [-0.4, -0.2) is 19.2 Å². The summed E-state index contributed by atoms with van der Waals surface area (Å²) in [5.74, 6) is 1.58. The van der Waals surface area contributed by atoms with E-state index in [-0.39, 0.29) is 5.82 Å². The van der Waals surface area contributed by atoms with Gasteiger partial charge in [0.05, 0.1) is 24.4 Å². The summed E-state index contributed by atoms with van der Waals surface area (Å²) < 4.78 is 29.9. The van der Waals surface area contributed by atoms with Crippen molar-refractivity contribution < 1.29 is 18.6 Å². The molecule has 0 saturated heterocycles. The number of hydrogen-bond acceptors (Lipinski definition) is 5. The Morgan fingerprint density at radius 3 is 2.52 bits per heavy atom. The van der Waals surface area contributed by atoms with Gasteiger partial charge in [-0.15, -0.1) is 11.3 Å². The smallest absolute Gasteiger partial charge is 0.161 e. The molecule has 0 aliphatic heterocycles. The second-order valence-corrected chi connectivity index (χ2v) is 6.79. The molecule has 0 radical (unpaired) electrons. The van der Waals surface area contributed by atoms with Crippen LogP contribution in [0.4, 0.5) is 4.39 Å². The van der Waals surface area contributed by atoms with Crippen molar-refractivity contribution in [2.45, 2.75) is 6.61 Å². The van der Waals surface area contributed by atoms with Gasteiger partial charge in [0.15, 0.2) is 11.5 Å². The minimum atomic E-state index is -0.316. The first-order valence-electron chi connectivity index (χ1n) is 7.35. The molecule has 0 unspecified atom stereocenters. The van der Waals surface area contributed by atoms with Gasteiger partial charge in [0, 0.05) is 10.9 Å². The van der Waals surface area contributed by atoms with Gasteiger partial charge in [0.1, 0.15) is 23.2 Å². The molecule has 0 bridgehead atoms. The number of benzene rings is 2. The van der Waals surface area contributed by atoms with Crippen LogP contribution in [0.15, 0.2) is 46.3 Å². The third-order valence-electron chi connectivity index (χ3n) is 3.45. The Balaban J connectivity index is 1.74. The van der Waals surface area contributed by atoms with Gasteiger partial charge < -0.3 is 14.2 Å². The van der Waals surface area contributed by atoms with Gasteiger partial charge in [-0.2, -0.15) is 0 Å². The minimum Gasteiger partial charge on any atom is -0.493 e. The SMILES string of the molecule is COc1ccc(-c2nc(COc3ccc(F)cc3Br)cs2)cc1OC. The molecule has 25 heavy (non-hydrogen) atoms. The Kier molecular flexibility index (Phi) is 5.55. The van der Waals surface area contributed by atoms with E-state index in [2.05, 4.69) is 20.9 Å². The molecule has 0 aliphatic rings. The van der Waals surface area contributed by atoms with Gasteiger partial charge in [-0.05, 0) is 52.3 Å². The lowest BCUT2D eigenvalue weighted by Crippen LogP contribution is -1.97. The van der Waals surface area contributed by atoms with E-state index >= 15 is 0 Å². The van der Waals surface area contributed by atoms with E-state index in [1.165, 1.54) is 23.5 Å². The van der Waals surface area contributed by atoms with Crippen LogP contribution >= 0.6 is 27.3 Å². The van der Waals surface area contributed by atoms with Crippen molar-refractivity contribution in [3.05, 3.63) is 57.8 Å². The van der Waals surface area contributed by atoms with Crippen molar-refractivity contribution in [3.8, 4) is 27.8 Å². The number of methoxy groups -OCH3 is 2. The summed E-state index contributed by atoms with van der Waals surface area (Å²) in [7, 11) is 3.20. The topological polar surface area (TPSA) is 40.6 Å². The number of aromatic nitrogens is 1. The van der Waals surface area contributed by atoms with E-state index in [0.717, 1.165) is 16.3 Å². The summed E-state index contributed by atoms with van der Waals surface area (Å²) in [4.78, 5) is 4.58. The predicted molar refractivity (Wildman–Crippen MR) is 99.1 cm³/mol. The van der Waals surface area contributed by atoms with Crippen molar-refractivity contribution in [2.24, 2.45) is 0 Å². The lowest BCUT2D eigenvalue weighted by Gasteiger charge is -2.08. The highest BCUT2D eigenvalue weighted by Crippen LogP contribution is 2.34. The minimum absolute atomic E-state index is 0.300. The number of nitrogens with zero attached hydrogens (tertiary/aromatic N) is 1.